The van der Waals surface area contributed by atoms with Gasteiger partial charge in [-0.15, -0.1) is 11.3 Å². The van der Waals surface area contributed by atoms with Crippen molar-refractivity contribution < 1.29 is 13.9 Å². The van der Waals surface area contributed by atoms with E-state index in [9.17, 15) is 4.79 Å². The van der Waals surface area contributed by atoms with Crippen molar-refractivity contribution in [2.75, 3.05) is 7.11 Å². The summed E-state index contributed by atoms with van der Waals surface area (Å²) in [5.74, 6) is 0.896. The summed E-state index contributed by atoms with van der Waals surface area (Å²) in [6.07, 6.45) is 0. The number of hydrogen-bond acceptors (Lipinski definition) is 4. The highest BCUT2D eigenvalue weighted by molar-refractivity contribution is 7.14. The van der Waals surface area contributed by atoms with Crippen LogP contribution in [0.2, 0.25) is 4.34 Å². The predicted molar refractivity (Wildman–Crippen MR) is 80.3 cm³/mol. The molecule has 1 aromatic carbocycles. The summed E-state index contributed by atoms with van der Waals surface area (Å²) >= 11 is 7.20. The van der Waals surface area contributed by atoms with Crippen molar-refractivity contribution in [1.29, 1.82) is 0 Å². The minimum atomic E-state index is -0.152. The third-order valence-corrected chi connectivity index (χ3v) is 4.27. The highest BCUT2D eigenvalue weighted by Crippen LogP contribution is 2.31. The minimum Gasteiger partial charge on any atom is -0.497 e. The Labute approximate surface area is 124 Å². The quantitative estimate of drug-likeness (QED) is 0.659. The Kier molecular flexibility index (Phi) is 3.28. The van der Waals surface area contributed by atoms with E-state index in [-0.39, 0.29) is 5.78 Å². The molecule has 0 saturated heterocycles. The SMILES string of the molecule is COc1ccc2c(C)c(C(=O)c3csc(Cl)c3)oc2c1. The molecule has 0 radical (unpaired) electrons. The molecule has 2 heterocycles. The molecule has 3 nitrogen and oxygen atoms in total. The number of ether oxygens (including phenoxy) is 1. The summed E-state index contributed by atoms with van der Waals surface area (Å²) in [5.41, 5.74) is 2.02. The monoisotopic (exact) mass is 306 g/mol. The van der Waals surface area contributed by atoms with Crippen LogP contribution in [0.25, 0.3) is 11.0 Å². The van der Waals surface area contributed by atoms with E-state index in [1.807, 2.05) is 19.1 Å². The normalized spacial score (nSPS) is 10.9. The molecule has 5 heteroatoms. The van der Waals surface area contributed by atoms with E-state index in [4.69, 9.17) is 20.8 Å². The number of rotatable bonds is 3. The van der Waals surface area contributed by atoms with Gasteiger partial charge in [0.25, 0.3) is 0 Å². The molecule has 0 atom stereocenters. The number of thiophene rings is 1. The first-order valence-electron chi connectivity index (χ1n) is 5.96. The molecule has 0 amide bonds. The molecular weight excluding hydrogens is 296 g/mol. The molecule has 0 saturated carbocycles. The second kappa shape index (κ2) is 4.96. The third-order valence-electron chi connectivity index (χ3n) is 3.18. The van der Waals surface area contributed by atoms with E-state index in [2.05, 4.69) is 0 Å². The fourth-order valence-electron chi connectivity index (χ4n) is 2.11. The Morgan fingerprint density at radius 1 is 1.35 bits per heavy atom. The van der Waals surface area contributed by atoms with Crippen molar-refractivity contribution in [3.8, 4) is 5.75 Å². The van der Waals surface area contributed by atoms with Crippen LogP contribution in [-0.4, -0.2) is 12.9 Å². The van der Waals surface area contributed by atoms with Crippen molar-refractivity contribution in [3.05, 3.63) is 50.9 Å². The maximum Gasteiger partial charge on any atom is 0.229 e. The van der Waals surface area contributed by atoms with Gasteiger partial charge < -0.3 is 9.15 Å². The number of carbonyl (C=O) groups is 1. The smallest absolute Gasteiger partial charge is 0.229 e. The van der Waals surface area contributed by atoms with Gasteiger partial charge in [-0.2, -0.15) is 0 Å². The van der Waals surface area contributed by atoms with Gasteiger partial charge in [0.1, 0.15) is 11.3 Å². The highest BCUT2D eigenvalue weighted by atomic mass is 35.5. The predicted octanol–water partition coefficient (Wildman–Crippen LogP) is 4.70. The first-order chi connectivity index (χ1) is 9.60. The van der Waals surface area contributed by atoms with Crippen LogP contribution < -0.4 is 4.74 Å². The van der Waals surface area contributed by atoms with Crippen molar-refractivity contribution in [2.24, 2.45) is 0 Å². The average Bonchev–Trinajstić information content (AvgIpc) is 3.02. The van der Waals surface area contributed by atoms with Crippen LogP contribution in [0.4, 0.5) is 0 Å². The van der Waals surface area contributed by atoms with E-state index in [0.29, 0.717) is 27.0 Å². The molecule has 0 N–H and O–H groups in total. The summed E-state index contributed by atoms with van der Waals surface area (Å²) in [4.78, 5) is 12.4. The summed E-state index contributed by atoms with van der Waals surface area (Å²) in [7, 11) is 1.59. The fourth-order valence-corrected chi connectivity index (χ4v) is 2.97. The van der Waals surface area contributed by atoms with E-state index >= 15 is 0 Å². The Balaban J connectivity index is 2.12. The van der Waals surface area contributed by atoms with Crippen LogP contribution >= 0.6 is 22.9 Å². The van der Waals surface area contributed by atoms with Gasteiger partial charge in [-0.25, -0.2) is 0 Å². The van der Waals surface area contributed by atoms with E-state index < -0.39 is 0 Å². The first kappa shape index (κ1) is 13.2. The molecule has 3 aromatic rings. The van der Waals surface area contributed by atoms with Gasteiger partial charge in [-0.05, 0) is 25.1 Å². The van der Waals surface area contributed by atoms with Gasteiger partial charge in [0, 0.05) is 28.0 Å². The topological polar surface area (TPSA) is 39.4 Å². The van der Waals surface area contributed by atoms with Gasteiger partial charge in [0.15, 0.2) is 5.76 Å². The van der Waals surface area contributed by atoms with Crippen LogP contribution in [0.1, 0.15) is 21.7 Å². The van der Waals surface area contributed by atoms with Gasteiger partial charge in [0.05, 0.1) is 11.4 Å². The fraction of sp³-hybridized carbons (Fsp3) is 0.133. The van der Waals surface area contributed by atoms with Crippen molar-refractivity contribution >= 4 is 39.7 Å². The van der Waals surface area contributed by atoms with Gasteiger partial charge in [-0.1, -0.05) is 11.6 Å². The van der Waals surface area contributed by atoms with Crippen LogP contribution in [-0.2, 0) is 0 Å². The summed E-state index contributed by atoms with van der Waals surface area (Å²) in [6.45, 7) is 1.87. The molecule has 0 aliphatic rings. The number of halogens is 1. The summed E-state index contributed by atoms with van der Waals surface area (Å²) in [5, 5.41) is 2.65. The molecule has 0 aliphatic carbocycles. The zero-order chi connectivity index (χ0) is 14.3. The maximum absolute atomic E-state index is 12.4. The first-order valence-corrected chi connectivity index (χ1v) is 7.22. The lowest BCUT2D eigenvalue weighted by Gasteiger charge is -1.97. The summed E-state index contributed by atoms with van der Waals surface area (Å²) in [6, 6.07) is 7.17. The third kappa shape index (κ3) is 2.11. The number of fused-ring (bicyclic) bond motifs is 1. The number of ketones is 1. The number of benzene rings is 1. The molecule has 3 rings (SSSR count). The lowest BCUT2D eigenvalue weighted by Crippen LogP contribution is -1.99. The molecule has 102 valence electrons. The Morgan fingerprint density at radius 3 is 2.80 bits per heavy atom. The number of hydrogen-bond donors (Lipinski definition) is 0. The van der Waals surface area contributed by atoms with Gasteiger partial charge in [-0.3, -0.25) is 4.79 Å². The lowest BCUT2D eigenvalue weighted by atomic mass is 10.1. The van der Waals surface area contributed by atoms with Crippen LogP contribution in [0.15, 0.2) is 34.1 Å². The van der Waals surface area contributed by atoms with Crippen LogP contribution in [0.5, 0.6) is 5.75 Å². The van der Waals surface area contributed by atoms with E-state index in [1.54, 1.807) is 24.6 Å². The van der Waals surface area contributed by atoms with E-state index in [1.165, 1.54) is 11.3 Å². The zero-order valence-corrected chi connectivity index (χ0v) is 12.5. The second-order valence-electron chi connectivity index (χ2n) is 4.39. The second-order valence-corrected chi connectivity index (χ2v) is 5.93. The largest absolute Gasteiger partial charge is 0.497 e. The van der Waals surface area contributed by atoms with Gasteiger partial charge >= 0.3 is 0 Å². The molecule has 0 fully saturated rings. The molecule has 0 unspecified atom stereocenters. The Morgan fingerprint density at radius 2 is 2.15 bits per heavy atom. The maximum atomic E-state index is 12.4. The average molecular weight is 307 g/mol. The lowest BCUT2D eigenvalue weighted by molar-refractivity contribution is 0.101. The number of aryl methyl sites for hydroxylation is 1. The minimum absolute atomic E-state index is 0.152. The van der Waals surface area contributed by atoms with Crippen LogP contribution in [0.3, 0.4) is 0 Å². The molecule has 0 bridgehead atoms. The van der Waals surface area contributed by atoms with Gasteiger partial charge in [0.2, 0.25) is 5.78 Å². The highest BCUT2D eigenvalue weighted by Gasteiger charge is 2.20. The Hall–Kier alpha value is -1.78. The van der Waals surface area contributed by atoms with Crippen molar-refractivity contribution in [3.63, 3.8) is 0 Å². The number of carbonyl (C=O) groups excluding carboxylic acids is 1. The standard InChI is InChI=1S/C15H11ClO3S/c1-8-11-4-3-10(18-2)6-12(11)19-15(8)14(17)9-5-13(16)20-7-9/h3-7H,1-2H3. The number of methoxy groups -OCH3 is 1. The molecular formula is C15H11ClO3S. The number of furan rings is 1. The van der Waals surface area contributed by atoms with Crippen molar-refractivity contribution in [2.45, 2.75) is 6.92 Å². The molecule has 0 aliphatic heterocycles. The molecule has 20 heavy (non-hydrogen) atoms. The summed E-state index contributed by atoms with van der Waals surface area (Å²) < 4.78 is 11.4. The molecule has 2 aromatic heterocycles. The van der Waals surface area contributed by atoms with Crippen molar-refractivity contribution in [1.82, 2.24) is 0 Å². The zero-order valence-electron chi connectivity index (χ0n) is 10.9. The van der Waals surface area contributed by atoms with Crippen LogP contribution in [0, 0.1) is 6.92 Å². The van der Waals surface area contributed by atoms with E-state index in [0.717, 1.165) is 10.9 Å². The Bertz CT molecular complexity index is 801. The molecule has 0 spiro atoms.